The van der Waals surface area contributed by atoms with Crippen LogP contribution in [0.1, 0.15) is 5.69 Å². The van der Waals surface area contributed by atoms with E-state index in [-0.39, 0.29) is 44.2 Å². The molecule has 11 heteroatoms. The summed E-state index contributed by atoms with van der Waals surface area (Å²) in [5, 5.41) is 8.42. The predicted octanol–water partition coefficient (Wildman–Crippen LogP) is -3.21. The average Bonchev–Trinajstić information content (AvgIpc) is 2.53. The number of nitrogens with one attached hydrogen (secondary N) is 1. The number of nitrogens with zero attached hydrogens (tertiary/aromatic N) is 1. The number of hydrogen-bond acceptors (Lipinski definition) is 6. The van der Waals surface area contributed by atoms with Crippen molar-refractivity contribution >= 4 is 51.5 Å². The van der Waals surface area contributed by atoms with Crippen molar-refractivity contribution in [2.24, 2.45) is 5.73 Å². The Labute approximate surface area is 126 Å². The number of carboxylic acid groups (broad SMARTS) is 1. The largest absolute Gasteiger partial charge is 2.00 e. The molecule has 1 unspecified atom stereocenters. The van der Waals surface area contributed by atoms with Gasteiger partial charge in [-0.05, 0) is 0 Å². The Kier molecular flexibility index (Phi) is 10.3. The van der Waals surface area contributed by atoms with Gasteiger partial charge in [-0.3, -0.25) is 4.79 Å². The minimum absolute atomic E-state index is 0. The molecule has 0 radical (unpaired) electrons. The number of carbonyl (C=O) groups is 1. The maximum absolute atomic E-state index is 10.3. The normalized spacial score (nSPS) is 11.8. The molecule has 1 rings (SSSR count). The molecular formula is C6H10CaN3O6P. The summed E-state index contributed by atoms with van der Waals surface area (Å²) >= 11 is 0. The Morgan fingerprint density at radius 2 is 2.12 bits per heavy atom. The second-order valence-electron chi connectivity index (χ2n) is 2.69. The van der Waals surface area contributed by atoms with Crippen LogP contribution in [0.2, 0.25) is 0 Å². The second-order valence-corrected chi connectivity index (χ2v) is 3.63. The molecule has 17 heavy (non-hydrogen) atoms. The van der Waals surface area contributed by atoms with E-state index in [1.807, 2.05) is 0 Å². The molecule has 1 atom stereocenters. The van der Waals surface area contributed by atoms with Crippen LogP contribution in [0.25, 0.3) is 0 Å². The number of aromatic amines is 1. The van der Waals surface area contributed by atoms with E-state index in [2.05, 4.69) is 9.97 Å². The van der Waals surface area contributed by atoms with Gasteiger partial charge >= 0.3 is 43.7 Å². The van der Waals surface area contributed by atoms with Crippen LogP contribution in [0, 0.1) is 0 Å². The van der Waals surface area contributed by atoms with Gasteiger partial charge in [-0.25, -0.2) is 4.98 Å². The third kappa shape index (κ3) is 13.9. The van der Waals surface area contributed by atoms with Gasteiger partial charge in [0, 0.05) is 18.3 Å². The zero-order chi connectivity index (χ0) is 12.8. The quantitative estimate of drug-likeness (QED) is 0.332. The van der Waals surface area contributed by atoms with Crippen LogP contribution in [-0.4, -0.2) is 69.7 Å². The van der Waals surface area contributed by atoms with Gasteiger partial charge in [0.25, 0.3) is 0 Å². The monoisotopic (exact) mass is 291 g/mol. The standard InChI is InChI=1S/C6H9N3O2.Ca.H3O4P/c7-5(6(10)11)1-4-2-8-3-9-4;;1-5(2,3)4/h2-3,5H,1,7H2,(H,8,9)(H,10,11);;(H3,1,2,3,4)/q;+2;/p-2. The molecule has 1 heterocycles. The van der Waals surface area contributed by atoms with Crippen LogP contribution < -0.4 is 15.5 Å². The fraction of sp³-hybridized carbons (Fsp3) is 0.333. The van der Waals surface area contributed by atoms with E-state index < -0.39 is 19.8 Å². The first-order valence-electron chi connectivity index (χ1n) is 3.90. The number of carboxylic acids is 1. The predicted molar refractivity (Wildman–Crippen MR) is 53.5 cm³/mol. The van der Waals surface area contributed by atoms with Gasteiger partial charge in [-0.2, -0.15) is 0 Å². The first-order chi connectivity index (χ1) is 7.20. The number of aromatic nitrogens is 2. The van der Waals surface area contributed by atoms with E-state index in [9.17, 15) is 4.79 Å². The smallest absolute Gasteiger partial charge is 0.790 e. The molecular weight excluding hydrogens is 281 g/mol. The van der Waals surface area contributed by atoms with Crippen molar-refractivity contribution in [1.82, 2.24) is 9.97 Å². The maximum atomic E-state index is 10.3. The number of H-pyrrole nitrogens is 1. The number of nitrogens with two attached hydrogens (primary N) is 1. The van der Waals surface area contributed by atoms with Crippen LogP contribution in [0.3, 0.4) is 0 Å². The zero-order valence-corrected chi connectivity index (χ0v) is 11.7. The zero-order valence-electron chi connectivity index (χ0n) is 8.65. The van der Waals surface area contributed by atoms with Crippen LogP contribution in [-0.2, 0) is 15.8 Å². The number of imidazole rings is 1. The summed E-state index contributed by atoms with van der Waals surface area (Å²) in [5.41, 5.74) is 6.00. The number of aliphatic carboxylic acids is 1. The first-order valence-corrected chi connectivity index (χ1v) is 5.40. The molecule has 9 nitrogen and oxygen atoms in total. The summed E-state index contributed by atoms with van der Waals surface area (Å²) in [6.07, 6.45) is 3.34. The Hall–Kier alpha value is 0.00974. The molecule has 1 aromatic heterocycles. The van der Waals surface area contributed by atoms with Crippen molar-refractivity contribution < 1.29 is 29.1 Å². The SMILES string of the molecule is NC(Cc1cnc[nH]1)C(=O)O.O=P([O-])([O-])O.[Ca+2]. The summed E-state index contributed by atoms with van der Waals surface area (Å²) in [6.45, 7) is 0. The van der Waals surface area contributed by atoms with E-state index >= 15 is 0 Å². The topological polar surface area (TPSA) is 175 Å². The van der Waals surface area contributed by atoms with Crippen molar-refractivity contribution in [3.8, 4) is 0 Å². The summed E-state index contributed by atoms with van der Waals surface area (Å²) < 4.78 is 8.66. The van der Waals surface area contributed by atoms with E-state index in [1.165, 1.54) is 6.33 Å². The van der Waals surface area contributed by atoms with E-state index in [1.54, 1.807) is 6.20 Å². The summed E-state index contributed by atoms with van der Waals surface area (Å²) in [5.74, 6) is -1.00. The Morgan fingerprint density at radius 3 is 2.41 bits per heavy atom. The molecule has 0 aliphatic carbocycles. The molecule has 0 fully saturated rings. The van der Waals surface area contributed by atoms with Crippen molar-refractivity contribution in [2.75, 3.05) is 0 Å². The van der Waals surface area contributed by atoms with Gasteiger partial charge in [-0.15, -0.1) is 0 Å². The van der Waals surface area contributed by atoms with Gasteiger partial charge in [0.15, 0.2) is 0 Å². The fourth-order valence-electron chi connectivity index (χ4n) is 0.721. The number of rotatable bonds is 3. The van der Waals surface area contributed by atoms with E-state index in [0.29, 0.717) is 0 Å². The van der Waals surface area contributed by atoms with Crippen molar-refractivity contribution in [1.29, 1.82) is 0 Å². The molecule has 0 bridgehead atoms. The Bertz CT molecular complexity index is 358. The summed E-state index contributed by atoms with van der Waals surface area (Å²) in [4.78, 5) is 41.0. The molecule has 92 valence electrons. The fourth-order valence-corrected chi connectivity index (χ4v) is 0.721. The molecule has 0 spiro atoms. The average molecular weight is 291 g/mol. The summed E-state index contributed by atoms with van der Waals surface area (Å²) in [6, 6.07) is -0.851. The molecule has 5 N–H and O–H groups in total. The number of phosphoric acid groups is 1. The van der Waals surface area contributed by atoms with Crippen molar-refractivity contribution in [3.63, 3.8) is 0 Å². The molecule has 1 aromatic rings. The van der Waals surface area contributed by atoms with Crippen LogP contribution >= 0.6 is 7.82 Å². The van der Waals surface area contributed by atoms with Crippen molar-refractivity contribution in [2.45, 2.75) is 12.5 Å². The van der Waals surface area contributed by atoms with Crippen LogP contribution in [0.5, 0.6) is 0 Å². The van der Waals surface area contributed by atoms with Gasteiger partial charge in [0.1, 0.15) is 6.04 Å². The Balaban J connectivity index is 0. The Morgan fingerprint density at radius 1 is 1.65 bits per heavy atom. The molecule has 0 amide bonds. The molecule has 0 saturated carbocycles. The van der Waals surface area contributed by atoms with Crippen LogP contribution in [0.4, 0.5) is 0 Å². The minimum atomic E-state index is -5.14. The second kappa shape index (κ2) is 9.01. The molecule has 0 aliphatic rings. The van der Waals surface area contributed by atoms with E-state index in [4.69, 9.17) is 30.1 Å². The molecule has 0 saturated heterocycles. The van der Waals surface area contributed by atoms with Gasteiger partial charge in [0.2, 0.25) is 0 Å². The van der Waals surface area contributed by atoms with Gasteiger partial charge in [-0.1, -0.05) is 0 Å². The van der Waals surface area contributed by atoms with E-state index in [0.717, 1.165) is 5.69 Å². The molecule has 0 aliphatic heterocycles. The minimum Gasteiger partial charge on any atom is -0.790 e. The first kappa shape index (κ1) is 19.4. The molecule has 0 aromatic carbocycles. The van der Waals surface area contributed by atoms with Gasteiger partial charge < -0.3 is 35.1 Å². The van der Waals surface area contributed by atoms with Crippen molar-refractivity contribution in [3.05, 3.63) is 18.2 Å². The third-order valence-corrected chi connectivity index (χ3v) is 1.31. The van der Waals surface area contributed by atoms with Gasteiger partial charge in [0.05, 0.1) is 14.2 Å². The maximum Gasteiger partial charge on any atom is 2.00 e. The van der Waals surface area contributed by atoms with Crippen LogP contribution in [0.15, 0.2) is 12.5 Å². The summed E-state index contributed by atoms with van der Waals surface area (Å²) in [7, 11) is -5.14. The third-order valence-electron chi connectivity index (χ3n) is 1.31. The number of hydrogen-bond donors (Lipinski definition) is 4.